The van der Waals surface area contributed by atoms with Gasteiger partial charge in [-0.2, -0.15) is 4.98 Å². The molecular weight excluding hydrogens is 214 g/mol. The number of rotatable bonds is 3. The van der Waals surface area contributed by atoms with E-state index in [1.165, 1.54) is 7.11 Å². The number of aromatic nitrogens is 2. The van der Waals surface area contributed by atoms with Crippen molar-refractivity contribution in [3.8, 4) is 17.7 Å². The lowest BCUT2D eigenvalue weighted by atomic mass is 10.3. The highest BCUT2D eigenvalue weighted by Crippen LogP contribution is 2.14. The molecule has 4 nitrogen and oxygen atoms in total. The van der Waals surface area contributed by atoms with Gasteiger partial charge in [-0.15, -0.1) is 0 Å². The summed E-state index contributed by atoms with van der Waals surface area (Å²) in [4.78, 5) is 7.75. The van der Waals surface area contributed by atoms with Crippen LogP contribution < -0.4 is 10.1 Å². The Hall–Kier alpha value is -1.31. The topological polar surface area (TPSA) is 47.0 Å². The third-order valence-electron chi connectivity index (χ3n) is 1.64. The number of nitrogens with zero attached hydrogens (tertiary/aromatic N) is 2. The average Bonchev–Trinajstić information content (AvgIpc) is 2.26. The summed E-state index contributed by atoms with van der Waals surface area (Å²) in [5.41, 5.74) is 0.651. The molecule has 1 N–H and O–H groups in total. The molecule has 0 unspecified atom stereocenters. The van der Waals surface area contributed by atoms with Gasteiger partial charge >= 0.3 is 0 Å². The van der Waals surface area contributed by atoms with Crippen LogP contribution in [0.2, 0.25) is 5.28 Å². The maximum atomic E-state index is 5.62. The zero-order valence-electron chi connectivity index (χ0n) is 8.67. The van der Waals surface area contributed by atoms with Crippen LogP contribution in [0.15, 0.2) is 6.20 Å². The molecule has 0 aromatic carbocycles. The van der Waals surface area contributed by atoms with E-state index in [-0.39, 0.29) is 5.28 Å². The third-order valence-corrected chi connectivity index (χ3v) is 1.82. The van der Waals surface area contributed by atoms with Crippen LogP contribution in [0, 0.1) is 11.8 Å². The molecule has 0 saturated heterocycles. The zero-order chi connectivity index (χ0) is 11.1. The van der Waals surface area contributed by atoms with Gasteiger partial charge in [0, 0.05) is 13.0 Å². The van der Waals surface area contributed by atoms with Gasteiger partial charge in [-0.25, -0.2) is 4.98 Å². The molecule has 1 rings (SSSR count). The molecule has 0 radical (unpaired) electrons. The predicted octanol–water partition coefficient (Wildman–Crippen LogP) is 1.10. The maximum absolute atomic E-state index is 5.62. The Morgan fingerprint density at radius 2 is 2.40 bits per heavy atom. The van der Waals surface area contributed by atoms with Crippen molar-refractivity contribution >= 4 is 11.6 Å². The summed E-state index contributed by atoms with van der Waals surface area (Å²) in [7, 11) is 3.41. The van der Waals surface area contributed by atoms with E-state index in [1.807, 2.05) is 7.05 Å². The van der Waals surface area contributed by atoms with Crippen molar-refractivity contribution in [1.29, 1.82) is 0 Å². The molecule has 0 aliphatic carbocycles. The second-order valence-corrected chi connectivity index (χ2v) is 3.06. The van der Waals surface area contributed by atoms with Crippen LogP contribution in [-0.4, -0.2) is 30.7 Å². The van der Waals surface area contributed by atoms with Gasteiger partial charge < -0.3 is 10.1 Å². The van der Waals surface area contributed by atoms with Crippen LogP contribution in [0.4, 0.5) is 0 Å². The quantitative estimate of drug-likeness (QED) is 0.476. The van der Waals surface area contributed by atoms with E-state index in [9.17, 15) is 0 Å². The summed E-state index contributed by atoms with van der Waals surface area (Å²) in [6.45, 7) is 0.851. The van der Waals surface area contributed by atoms with E-state index in [2.05, 4.69) is 27.1 Å². The Labute approximate surface area is 94.0 Å². The van der Waals surface area contributed by atoms with Gasteiger partial charge in [0.1, 0.15) is 5.56 Å². The van der Waals surface area contributed by atoms with Crippen molar-refractivity contribution in [2.75, 3.05) is 20.7 Å². The molecule has 0 bridgehead atoms. The van der Waals surface area contributed by atoms with Crippen LogP contribution in [0.3, 0.4) is 0 Å². The van der Waals surface area contributed by atoms with Gasteiger partial charge in [-0.3, -0.25) is 0 Å². The van der Waals surface area contributed by atoms with Crippen LogP contribution in [-0.2, 0) is 0 Å². The molecule has 0 saturated carbocycles. The first kappa shape index (κ1) is 11.8. The van der Waals surface area contributed by atoms with Crippen molar-refractivity contribution in [1.82, 2.24) is 15.3 Å². The molecule has 1 aromatic rings. The molecule has 0 fully saturated rings. The Morgan fingerprint density at radius 1 is 1.60 bits per heavy atom. The molecule has 5 heteroatoms. The number of nitrogens with one attached hydrogen (secondary N) is 1. The molecular formula is C10H12ClN3O. The minimum atomic E-state index is 0.160. The van der Waals surface area contributed by atoms with Crippen molar-refractivity contribution in [2.45, 2.75) is 6.42 Å². The molecule has 0 amide bonds. The highest BCUT2D eigenvalue weighted by Gasteiger charge is 2.02. The number of hydrogen-bond donors (Lipinski definition) is 1. The SMILES string of the molecule is CNCCC#Cc1cnc(Cl)nc1OC. The van der Waals surface area contributed by atoms with Crippen LogP contribution >= 0.6 is 11.6 Å². The molecule has 0 aliphatic rings. The lowest BCUT2D eigenvalue weighted by Crippen LogP contribution is -2.05. The lowest BCUT2D eigenvalue weighted by molar-refractivity contribution is 0.395. The van der Waals surface area contributed by atoms with E-state index in [4.69, 9.17) is 16.3 Å². The normalized spacial score (nSPS) is 9.27. The molecule has 15 heavy (non-hydrogen) atoms. The van der Waals surface area contributed by atoms with Gasteiger partial charge in [-0.1, -0.05) is 11.8 Å². The molecule has 0 spiro atoms. The molecule has 1 heterocycles. The molecule has 0 aliphatic heterocycles. The molecule has 80 valence electrons. The Bertz CT molecular complexity index is 384. The van der Waals surface area contributed by atoms with Gasteiger partial charge in [0.2, 0.25) is 11.2 Å². The van der Waals surface area contributed by atoms with E-state index in [0.717, 1.165) is 13.0 Å². The zero-order valence-corrected chi connectivity index (χ0v) is 9.43. The third kappa shape index (κ3) is 3.74. The van der Waals surface area contributed by atoms with E-state index < -0.39 is 0 Å². The first-order valence-electron chi connectivity index (χ1n) is 4.48. The van der Waals surface area contributed by atoms with Crippen molar-refractivity contribution in [3.05, 3.63) is 17.0 Å². The second-order valence-electron chi connectivity index (χ2n) is 2.72. The first-order chi connectivity index (χ1) is 7.27. The molecule has 0 atom stereocenters. The van der Waals surface area contributed by atoms with Gasteiger partial charge in [-0.05, 0) is 18.6 Å². The monoisotopic (exact) mass is 225 g/mol. The summed E-state index contributed by atoms with van der Waals surface area (Å²) in [6.07, 6.45) is 2.32. The summed E-state index contributed by atoms with van der Waals surface area (Å²) in [6, 6.07) is 0. The van der Waals surface area contributed by atoms with E-state index in [0.29, 0.717) is 11.4 Å². The first-order valence-corrected chi connectivity index (χ1v) is 4.85. The van der Waals surface area contributed by atoms with Gasteiger partial charge in [0.15, 0.2) is 0 Å². The van der Waals surface area contributed by atoms with E-state index in [1.54, 1.807) is 6.20 Å². The minimum Gasteiger partial charge on any atom is -0.480 e. The smallest absolute Gasteiger partial charge is 0.233 e. The Kier molecular flexibility index (Phi) is 4.88. The summed E-state index contributed by atoms with van der Waals surface area (Å²) >= 11 is 5.62. The average molecular weight is 226 g/mol. The maximum Gasteiger partial charge on any atom is 0.233 e. The summed E-state index contributed by atoms with van der Waals surface area (Å²) in [5, 5.41) is 3.17. The number of ether oxygens (including phenoxy) is 1. The fourth-order valence-corrected chi connectivity index (χ4v) is 1.06. The summed E-state index contributed by atoms with van der Waals surface area (Å²) < 4.78 is 5.03. The highest BCUT2D eigenvalue weighted by molar-refractivity contribution is 6.28. The van der Waals surface area contributed by atoms with Gasteiger partial charge in [0.05, 0.1) is 13.3 Å². The Balaban J connectivity index is 2.78. The number of halogens is 1. The van der Waals surface area contributed by atoms with Crippen molar-refractivity contribution in [2.24, 2.45) is 0 Å². The van der Waals surface area contributed by atoms with Gasteiger partial charge in [0.25, 0.3) is 0 Å². The van der Waals surface area contributed by atoms with Crippen LogP contribution in [0.25, 0.3) is 0 Å². The lowest BCUT2D eigenvalue weighted by Gasteiger charge is -2.00. The van der Waals surface area contributed by atoms with E-state index >= 15 is 0 Å². The highest BCUT2D eigenvalue weighted by atomic mass is 35.5. The molecule has 1 aromatic heterocycles. The standard InChI is InChI=1S/C10H12ClN3O/c1-12-6-4-3-5-8-7-13-10(11)14-9(8)15-2/h7,12H,4,6H2,1-2H3. The fourth-order valence-electron chi connectivity index (χ4n) is 0.932. The van der Waals surface area contributed by atoms with Crippen molar-refractivity contribution in [3.63, 3.8) is 0 Å². The fraction of sp³-hybridized carbons (Fsp3) is 0.400. The minimum absolute atomic E-state index is 0.160. The number of hydrogen-bond acceptors (Lipinski definition) is 4. The largest absolute Gasteiger partial charge is 0.480 e. The number of methoxy groups -OCH3 is 1. The van der Waals surface area contributed by atoms with Crippen LogP contribution in [0.5, 0.6) is 5.88 Å². The van der Waals surface area contributed by atoms with Crippen molar-refractivity contribution < 1.29 is 4.74 Å². The predicted molar refractivity (Wildman–Crippen MR) is 59.0 cm³/mol. The second kappa shape index (κ2) is 6.23. The van der Waals surface area contributed by atoms with Crippen LogP contribution in [0.1, 0.15) is 12.0 Å². The summed E-state index contributed by atoms with van der Waals surface area (Å²) in [5.74, 6) is 6.32. The Morgan fingerprint density at radius 3 is 3.07 bits per heavy atom.